The van der Waals surface area contributed by atoms with Gasteiger partial charge < -0.3 is 9.64 Å². The molecule has 0 saturated carbocycles. The van der Waals surface area contributed by atoms with Gasteiger partial charge in [0.05, 0.1) is 12.1 Å². The van der Waals surface area contributed by atoms with E-state index < -0.39 is 5.72 Å². The van der Waals surface area contributed by atoms with Gasteiger partial charge in [0.2, 0.25) is 5.91 Å². The highest BCUT2D eigenvalue weighted by Gasteiger charge is 2.52. The van der Waals surface area contributed by atoms with Crippen molar-refractivity contribution in [3.8, 4) is 0 Å². The van der Waals surface area contributed by atoms with Crippen molar-refractivity contribution in [2.75, 3.05) is 0 Å². The van der Waals surface area contributed by atoms with E-state index in [4.69, 9.17) is 4.74 Å². The summed E-state index contributed by atoms with van der Waals surface area (Å²) in [5.74, 6) is -0.0268. The van der Waals surface area contributed by atoms with E-state index in [9.17, 15) is 4.79 Å². The van der Waals surface area contributed by atoms with E-state index in [2.05, 4.69) is 17.1 Å². The fourth-order valence-electron chi connectivity index (χ4n) is 3.84. The van der Waals surface area contributed by atoms with E-state index in [-0.39, 0.29) is 18.1 Å². The first-order chi connectivity index (χ1) is 11.6. The summed E-state index contributed by atoms with van der Waals surface area (Å²) in [6, 6.07) is 12.1. The second-order valence-corrected chi connectivity index (χ2v) is 6.77. The van der Waals surface area contributed by atoms with Crippen molar-refractivity contribution < 1.29 is 9.53 Å². The summed E-state index contributed by atoms with van der Waals surface area (Å²) in [5.41, 5.74) is 2.83. The monoisotopic (exact) mass is 320 g/mol. The number of amides is 1. The third kappa shape index (κ3) is 2.43. The minimum atomic E-state index is -0.609. The van der Waals surface area contributed by atoms with Gasteiger partial charge in [-0.05, 0) is 48.7 Å². The zero-order valence-electron chi connectivity index (χ0n) is 13.8. The fourth-order valence-corrected chi connectivity index (χ4v) is 3.84. The average molecular weight is 320 g/mol. The van der Waals surface area contributed by atoms with Crippen LogP contribution in [0.5, 0.6) is 0 Å². The van der Waals surface area contributed by atoms with Crippen LogP contribution < -0.4 is 0 Å². The van der Waals surface area contributed by atoms with Gasteiger partial charge in [-0.3, -0.25) is 9.78 Å². The van der Waals surface area contributed by atoms with Gasteiger partial charge in [-0.15, -0.1) is 0 Å². The van der Waals surface area contributed by atoms with Gasteiger partial charge in [0.1, 0.15) is 5.72 Å². The molecule has 4 heteroatoms. The molecule has 0 bridgehead atoms. The average Bonchev–Trinajstić information content (AvgIpc) is 3.04. The van der Waals surface area contributed by atoms with Crippen LogP contribution in [0.25, 0.3) is 6.08 Å². The van der Waals surface area contributed by atoms with Crippen LogP contribution in [0.1, 0.15) is 36.6 Å². The fraction of sp³-hybridized carbons (Fsp3) is 0.300. The number of nitrogens with zero attached hydrogens (tertiary/aromatic N) is 2. The Bertz CT molecular complexity index is 798. The molecule has 1 aromatic heterocycles. The van der Waals surface area contributed by atoms with Crippen LogP contribution >= 0.6 is 0 Å². The summed E-state index contributed by atoms with van der Waals surface area (Å²) >= 11 is 0. The summed E-state index contributed by atoms with van der Waals surface area (Å²) in [5, 5.41) is 0. The molecule has 0 unspecified atom stereocenters. The molecule has 1 saturated heterocycles. The van der Waals surface area contributed by atoms with Crippen molar-refractivity contribution in [2.45, 2.75) is 38.1 Å². The Morgan fingerprint density at radius 2 is 2.00 bits per heavy atom. The Morgan fingerprint density at radius 3 is 2.79 bits per heavy atom. The normalized spacial score (nSPS) is 24.2. The molecule has 2 aliphatic rings. The van der Waals surface area contributed by atoms with Crippen LogP contribution in [0.2, 0.25) is 0 Å². The van der Waals surface area contributed by atoms with Crippen LogP contribution in [-0.2, 0) is 16.0 Å². The van der Waals surface area contributed by atoms with E-state index in [0.717, 1.165) is 12.0 Å². The number of fused-ring (bicyclic) bond motifs is 3. The second-order valence-electron chi connectivity index (χ2n) is 6.77. The molecule has 1 amide bonds. The molecule has 2 heterocycles. The maximum Gasteiger partial charge on any atom is 0.249 e. The first-order valence-electron chi connectivity index (χ1n) is 8.23. The molecule has 4 rings (SSSR count). The standard InChI is InChI=1S/C20H20N2O2/c1-20(2)22(18(23)8-7-14-9-11-21-12-10-14)19-16-6-4-3-5-15(16)13-17(19)24-20/h3-12,17,19H,13H2,1-2H3/b8-7+/t17-,19+/m1/s1. The Morgan fingerprint density at radius 1 is 1.25 bits per heavy atom. The number of hydrogen-bond acceptors (Lipinski definition) is 3. The number of benzene rings is 1. The predicted molar refractivity (Wildman–Crippen MR) is 92.0 cm³/mol. The summed E-state index contributed by atoms with van der Waals surface area (Å²) in [6.07, 6.45) is 7.79. The van der Waals surface area contributed by atoms with Crippen LogP contribution in [0.4, 0.5) is 0 Å². The van der Waals surface area contributed by atoms with Crippen molar-refractivity contribution in [3.05, 3.63) is 71.6 Å². The van der Waals surface area contributed by atoms with Crippen LogP contribution in [-0.4, -0.2) is 27.6 Å². The van der Waals surface area contributed by atoms with Gasteiger partial charge in [-0.25, -0.2) is 0 Å². The Labute approximate surface area is 141 Å². The summed E-state index contributed by atoms with van der Waals surface area (Å²) in [7, 11) is 0. The number of aromatic nitrogens is 1. The van der Waals surface area contributed by atoms with E-state index in [0.29, 0.717) is 0 Å². The van der Waals surface area contributed by atoms with Gasteiger partial charge in [-0.1, -0.05) is 24.3 Å². The lowest BCUT2D eigenvalue weighted by atomic mass is 10.1. The number of hydrogen-bond donors (Lipinski definition) is 0. The molecular formula is C20H20N2O2. The summed E-state index contributed by atoms with van der Waals surface area (Å²) in [4.78, 5) is 18.8. The molecule has 0 radical (unpaired) electrons. The third-order valence-electron chi connectivity index (χ3n) is 4.81. The molecule has 1 aliphatic heterocycles. The number of carbonyl (C=O) groups excluding carboxylic acids is 1. The molecule has 4 nitrogen and oxygen atoms in total. The van der Waals surface area contributed by atoms with Crippen molar-refractivity contribution in [3.63, 3.8) is 0 Å². The molecule has 24 heavy (non-hydrogen) atoms. The predicted octanol–water partition coefficient (Wildman–Crippen LogP) is 3.36. The number of carbonyl (C=O) groups is 1. The summed E-state index contributed by atoms with van der Waals surface area (Å²) < 4.78 is 6.20. The minimum absolute atomic E-state index is 0.00853. The molecule has 1 aliphatic carbocycles. The lowest BCUT2D eigenvalue weighted by Gasteiger charge is -2.33. The zero-order chi connectivity index (χ0) is 16.7. The smallest absolute Gasteiger partial charge is 0.249 e. The van der Waals surface area contributed by atoms with E-state index in [1.807, 2.05) is 49.1 Å². The highest BCUT2D eigenvalue weighted by Crippen LogP contribution is 2.48. The molecule has 2 aromatic rings. The highest BCUT2D eigenvalue weighted by atomic mass is 16.5. The van der Waals surface area contributed by atoms with Gasteiger partial charge in [0.25, 0.3) is 0 Å². The lowest BCUT2D eigenvalue weighted by molar-refractivity contribution is -0.142. The van der Waals surface area contributed by atoms with Crippen molar-refractivity contribution in [1.82, 2.24) is 9.88 Å². The topological polar surface area (TPSA) is 42.4 Å². The van der Waals surface area contributed by atoms with E-state index >= 15 is 0 Å². The molecule has 2 atom stereocenters. The van der Waals surface area contributed by atoms with Gasteiger partial charge in [-0.2, -0.15) is 0 Å². The minimum Gasteiger partial charge on any atom is -0.350 e. The lowest BCUT2D eigenvalue weighted by Crippen LogP contribution is -2.44. The zero-order valence-corrected chi connectivity index (χ0v) is 13.8. The molecule has 122 valence electrons. The van der Waals surface area contributed by atoms with Crippen LogP contribution in [0.15, 0.2) is 54.9 Å². The SMILES string of the molecule is CC1(C)O[C@@H]2Cc3ccccc3[C@@H]2N1C(=O)/C=C/c1ccncc1. The highest BCUT2D eigenvalue weighted by molar-refractivity contribution is 5.92. The first-order valence-corrected chi connectivity index (χ1v) is 8.23. The second kappa shape index (κ2) is 5.56. The van der Waals surface area contributed by atoms with Crippen molar-refractivity contribution >= 4 is 12.0 Å². The van der Waals surface area contributed by atoms with Crippen LogP contribution in [0, 0.1) is 0 Å². The molecule has 0 spiro atoms. The quantitative estimate of drug-likeness (QED) is 0.797. The Kier molecular flexibility index (Phi) is 3.50. The maximum absolute atomic E-state index is 12.9. The van der Waals surface area contributed by atoms with Crippen LogP contribution in [0.3, 0.4) is 0 Å². The Hall–Kier alpha value is -2.46. The largest absolute Gasteiger partial charge is 0.350 e. The Balaban J connectivity index is 1.65. The summed E-state index contributed by atoms with van der Waals surface area (Å²) in [6.45, 7) is 3.93. The van der Waals surface area contributed by atoms with Gasteiger partial charge in [0.15, 0.2) is 0 Å². The van der Waals surface area contributed by atoms with E-state index in [1.54, 1.807) is 18.5 Å². The van der Waals surface area contributed by atoms with Crippen molar-refractivity contribution in [1.29, 1.82) is 0 Å². The molecule has 0 N–H and O–H groups in total. The molecule has 1 aromatic carbocycles. The third-order valence-corrected chi connectivity index (χ3v) is 4.81. The van der Waals surface area contributed by atoms with Crippen molar-refractivity contribution in [2.24, 2.45) is 0 Å². The molecule has 1 fully saturated rings. The maximum atomic E-state index is 12.9. The first kappa shape index (κ1) is 15.1. The number of ether oxygens (including phenoxy) is 1. The van der Waals surface area contributed by atoms with Gasteiger partial charge in [0, 0.05) is 24.9 Å². The van der Waals surface area contributed by atoms with Gasteiger partial charge >= 0.3 is 0 Å². The van der Waals surface area contributed by atoms with E-state index in [1.165, 1.54) is 11.1 Å². The molecular weight excluding hydrogens is 300 g/mol. The number of rotatable bonds is 2. The number of pyridine rings is 1.